The summed E-state index contributed by atoms with van der Waals surface area (Å²) in [6, 6.07) is 13.6. The summed E-state index contributed by atoms with van der Waals surface area (Å²) in [4.78, 5) is 39.8. The predicted molar refractivity (Wildman–Crippen MR) is 124 cm³/mol. The number of piperazine rings is 1. The van der Waals surface area contributed by atoms with E-state index in [1.807, 2.05) is 35.2 Å². The van der Waals surface area contributed by atoms with E-state index in [9.17, 15) is 19.7 Å². The van der Waals surface area contributed by atoms with E-state index in [0.717, 1.165) is 5.56 Å². The molecule has 0 aliphatic carbocycles. The number of rotatable bonds is 9. The van der Waals surface area contributed by atoms with Crippen LogP contribution in [-0.2, 0) is 16.1 Å². The van der Waals surface area contributed by atoms with Crippen molar-refractivity contribution in [3.05, 3.63) is 64.2 Å². The Morgan fingerprint density at radius 3 is 2.45 bits per heavy atom. The zero-order valence-electron chi connectivity index (χ0n) is 18.8. The van der Waals surface area contributed by atoms with Gasteiger partial charge in [-0.25, -0.2) is 0 Å². The molecule has 2 N–H and O–H groups in total. The molecule has 2 amide bonds. The van der Waals surface area contributed by atoms with Crippen LogP contribution >= 0.6 is 0 Å². The van der Waals surface area contributed by atoms with E-state index < -0.39 is 11.0 Å². The normalized spacial score (nSPS) is 15.5. The van der Waals surface area contributed by atoms with Crippen LogP contribution in [-0.4, -0.2) is 72.4 Å². The first-order chi connectivity index (χ1) is 15.9. The van der Waals surface area contributed by atoms with Crippen LogP contribution in [0, 0.1) is 10.1 Å². The van der Waals surface area contributed by atoms with Crippen molar-refractivity contribution in [2.45, 2.75) is 19.5 Å². The molecular weight excluding hydrogens is 426 g/mol. The first-order valence-corrected chi connectivity index (χ1v) is 10.8. The van der Waals surface area contributed by atoms with Gasteiger partial charge in [-0.3, -0.25) is 29.5 Å². The Labute approximate surface area is 192 Å². The third-order valence-corrected chi connectivity index (χ3v) is 5.69. The number of methoxy groups -OCH3 is 1. The molecule has 10 nitrogen and oxygen atoms in total. The van der Waals surface area contributed by atoms with Gasteiger partial charge in [0, 0.05) is 32.7 Å². The van der Waals surface area contributed by atoms with Crippen molar-refractivity contribution < 1.29 is 19.2 Å². The van der Waals surface area contributed by atoms with Crippen molar-refractivity contribution in [1.29, 1.82) is 0 Å². The minimum Gasteiger partial charge on any atom is -0.496 e. The van der Waals surface area contributed by atoms with Crippen molar-refractivity contribution in [1.82, 2.24) is 15.1 Å². The lowest BCUT2D eigenvalue weighted by molar-refractivity contribution is -0.384. The van der Waals surface area contributed by atoms with Crippen LogP contribution < -0.4 is 15.4 Å². The predicted octanol–water partition coefficient (Wildman–Crippen LogP) is 1.86. The highest BCUT2D eigenvalue weighted by atomic mass is 16.6. The Hall–Kier alpha value is -3.50. The van der Waals surface area contributed by atoms with Crippen LogP contribution in [0.4, 0.5) is 11.4 Å². The lowest BCUT2D eigenvalue weighted by Gasteiger charge is -2.37. The Morgan fingerprint density at radius 1 is 1.12 bits per heavy atom. The number of amides is 2. The van der Waals surface area contributed by atoms with Gasteiger partial charge in [-0.15, -0.1) is 0 Å². The SMILES string of the molecule is COc1ccc(NC(=O)C(C)N2CCN(CC(=O)NCc3ccccc3)CC2)c([N+](=O)[O-])c1. The third kappa shape index (κ3) is 6.74. The molecule has 0 aromatic heterocycles. The van der Waals surface area contributed by atoms with Crippen molar-refractivity contribution >= 4 is 23.2 Å². The Bertz CT molecular complexity index is 976. The number of benzene rings is 2. The summed E-state index contributed by atoms with van der Waals surface area (Å²) >= 11 is 0. The Morgan fingerprint density at radius 2 is 1.82 bits per heavy atom. The standard InChI is InChI=1S/C23H29N5O5/c1-17(23(30)25-20-9-8-19(33-2)14-21(20)28(31)32)27-12-10-26(11-13-27)16-22(29)24-15-18-6-4-3-5-7-18/h3-9,14,17H,10-13,15-16H2,1-2H3,(H,24,29)(H,25,30). The van der Waals surface area contributed by atoms with Crippen molar-refractivity contribution in [3.63, 3.8) is 0 Å². The zero-order valence-corrected chi connectivity index (χ0v) is 18.8. The number of ether oxygens (including phenoxy) is 1. The maximum absolute atomic E-state index is 12.7. The van der Waals surface area contributed by atoms with Crippen molar-refractivity contribution in [2.24, 2.45) is 0 Å². The van der Waals surface area contributed by atoms with Crippen LogP contribution in [0.3, 0.4) is 0 Å². The largest absolute Gasteiger partial charge is 0.496 e. The monoisotopic (exact) mass is 455 g/mol. The fourth-order valence-corrected chi connectivity index (χ4v) is 3.66. The minimum absolute atomic E-state index is 0.0371. The fraction of sp³-hybridized carbons (Fsp3) is 0.391. The zero-order chi connectivity index (χ0) is 23.8. The van der Waals surface area contributed by atoms with Crippen LogP contribution in [0.15, 0.2) is 48.5 Å². The number of nitro groups is 1. The Balaban J connectivity index is 1.47. The van der Waals surface area contributed by atoms with Crippen LogP contribution in [0.25, 0.3) is 0 Å². The van der Waals surface area contributed by atoms with Gasteiger partial charge in [0.25, 0.3) is 5.69 Å². The van der Waals surface area contributed by atoms with E-state index >= 15 is 0 Å². The van der Waals surface area contributed by atoms with E-state index in [0.29, 0.717) is 45.0 Å². The first-order valence-electron chi connectivity index (χ1n) is 10.8. The topological polar surface area (TPSA) is 117 Å². The molecule has 0 bridgehead atoms. The lowest BCUT2D eigenvalue weighted by atomic mass is 10.2. The summed E-state index contributed by atoms with van der Waals surface area (Å²) < 4.78 is 5.02. The summed E-state index contributed by atoms with van der Waals surface area (Å²) in [5.74, 6) is -0.0149. The highest BCUT2D eigenvalue weighted by Gasteiger charge is 2.28. The van der Waals surface area contributed by atoms with Crippen LogP contribution in [0.5, 0.6) is 5.75 Å². The molecule has 1 aliphatic heterocycles. The number of hydrogen-bond acceptors (Lipinski definition) is 7. The molecule has 2 aromatic rings. The number of carbonyl (C=O) groups is 2. The first kappa shape index (κ1) is 24.1. The fourth-order valence-electron chi connectivity index (χ4n) is 3.66. The molecule has 1 unspecified atom stereocenters. The number of anilines is 1. The molecule has 1 heterocycles. The summed E-state index contributed by atoms with van der Waals surface area (Å²) in [5, 5.41) is 16.9. The summed E-state index contributed by atoms with van der Waals surface area (Å²) in [5.41, 5.74) is 0.959. The molecule has 1 fully saturated rings. The summed E-state index contributed by atoms with van der Waals surface area (Å²) in [7, 11) is 1.42. The second kappa shape index (κ2) is 11.4. The summed E-state index contributed by atoms with van der Waals surface area (Å²) in [6.45, 7) is 5.11. The number of carbonyl (C=O) groups excluding carboxylic acids is 2. The Kier molecular flexibility index (Phi) is 8.34. The molecule has 0 spiro atoms. The molecule has 1 atom stereocenters. The van der Waals surface area contributed by atoms with E-state index in [-0.39, 0.29) is 23.2 Å². The molecule has 1 aliphatic rings. The van der Waals surface area contributed by atoms with Gasteiger partial charge in [-0.1, -0.05) is 30.3 Å². The smallest absolute Gasteiger partial charge is 0.296 e. The quantitative estimate of drug-likeness (QED) is 0.438. The number of nitrogens with zero attached hydrogens (tertiary/aromatic N) is 3. The number of hydrogen-bond donors (Lipinski definition) is 2. The average Bonchev–Trinajstić information content (AvgIpc) is 2.83. The molecule has 176 valence electrons. The lowest BCUT2D eigenvalue weighted by Crippen LogP contribution is -2.54. The van der Waals surface area contributed by atoms with Gasteiger partial charge in [-0.2, -0.15) is 0 Å². The minimum atomic E-state index is -0.551. The third-order valence-electron chi connectivity index (χ3n) is 5.69. The van der Waals surface area contributed by atoms with E-state index in [1.54, 1.807) is 13.0 Å². The molecule has 3 rings (SSSR count). The molecule has 33 heavy (non-hydrogen) atoms. The van der Waals surface area contributed by atoms with Crippen LogP contribution in [0.1, 0.15) is 12.5 Å². The molecule has 1 saturated heterocycles. The molecule has 10 heteroatoms. The van der Waals surface area contributed by atoms with E-state index in [4.69, 9.17) is 4.74 Å². The second-order valence-corrected chi connectivity index (χ2v) is 7.88. The second-order valence-electron chi connectivity index (χ2n) is 7.88. The van der Waals surface area contributed by atoms with Crippen molar-refractivity contribution in [3.8, 4) is 5.75 Å². The van der Waals surface area contributed by atoms with Crippen molar-refractivity contribution in [2.75, 3.05) is 45.2 Å². The molecule has 0 radical (unpaired) electrons. The molecular formula is C23H29N5O5. The van der Waals surface area contributed by atoms with Gasteiger partial charge >= 0.3 is 0 Å². The maximum Gasteiger partial charge on any atom is 0.296 e. The molecule has 2 aromatic carbocycles. The number of nitro benzene ring substituents is 1. The van der Waals surface area contributed by atoms with E-state index in [2.05, 4.69) is 15.5 Å². The molecule has 0 saturated carbocycles. The number of nitrogens with one attached hydrogen (secondary N) is 2. The summed E-state index contributed by atoms with van der Waals surface area (Å²) in [6.07, 6.45) is 0. The highest BCUT2D eigenvalue weighted by molar-refractivity contribution is 5.96. The maximum atomic E-state index is 12.7. The van der Waals surface area contributed by atoms with Gasteiger partial charge in [0.05, 0.1) is 30.7 Å². The average molecular weight is 456 g/mol. The van der Waals surface area contributed by atoms with Gasteiger partial charge in [-0.05, 0) is 24.6 Å². The van der Waals surface area contributed by atoms with Gasteiger partial charge in [0.15, 0.2) is 0 Å². The van der Waals surface area contributed by atoms with E-state index in [1.165, 1.54) is 19.2 Å². The van der Waals surface area contributed by atoms with Gasteiger partial charge < -0.3 is 15.4 Å². The van der Waals surface area contributed by atoms with Gasteiger partial charge in [0.1, 0.15) is 11.4 Å². The highest BCUT2D eigenvalue weighted by Crippen LogP contribution is 2.29. The van der Waals surface area contributed by atoms with Crippen LogP contribution in [0.2, 0.25) is 0 Å². The van der Waals surface area contributed by atoms with Gasteiger partial charge in [0.2, 0.25) is 11.8 Å².